The molecule has 0 fully saturated rings. The third-order valence-corrected chi connectivity index (χ3v) is 1.65. The highest BCUT2D eigenvalue weighted by Gasteiger charge is 2.40. The van der Waals surface area contributed by atoms with Gasteiger partial charge < -0.3 is 5.11 Å². The molecule has 0 radical (unpaired) electrons. The van der Waals surface area contributed by atoms with Gasteiger partial charge in [0.2, 0.25) is 5.71 Å². The molecule has 7 nitrogen and oxygen atoms in total. The maximum atomic E-state index is 10.5. The van der Waals surface area contributed by atoms with Crippen LogP contribution in [0.4, 0.5) is 0 Å². The minimum atomic E-state index is -1.39. The Morgan fingerprint density at radius 1 is 1.69 bits per heavy atom. The van der Waals surface area contributed by atoms with Crippen molar-refractivity contribution < 1.29 is 14.8 Å². The summed E-state index contributed by atoms with van der Waals surface area (Å²) >= 11 is 0. The number of carbonyl (C=O) groups is 1. The van der Waals surface area contributed by atoms with Gasteiger partial charge in [-0.1, -0.05) is 6.92 Å². The topological polar surface area (TPSA) is 105 Å². The molecule has 1 aliphatic heterocycles. The lowest BCUT2D eigenvalue weighted by Gasteiger charge is -2.02. The SMILES string of the molecule is CCC1=NN=C(C(=O)O)[C@H]1[N+](=O)[O-]. The quantitative estimate of drug-likeness (QED) is 0.490. The van der Waals surface area contributed by atoms with Gasteiger partial charge in [0.25, 0.3) is 0 Å². The van der Waals surface area contributed by atoms with Crippen molar-refractivity contribution in [2.24, 2.45) is 10.2 Å². The number of hydrogen-bond donors (Lipinski definition) is 1. The van der Waals surface area contributed by atoms with E-state index < -0.39 is 22.6 Å². The second-order valence-electron chi connectivity index (χ2n) is 2.42. The molecule has 1 atom stereocenters. The maximum Gasteiger partial charge on any atom is 0.359 e. The Bertz CT molecular complexity index is 320. The van der Waals surface area contributed by atoms with Gasteiger partial charge in [-0.25, -0.2) is 4.79 Å². The van der Waals surface area contributed by atoms with Crippen molar-refractivity contribution in [2.45, 2.75) is 19.4 Å². The molecule has 0 spiro atoms. The summed E-state index contributed by atoms with van der Waals surface area (Å²) in [6.45, 7) is 1.66. The van der Waals surface area contributed by atoms with Crippen molar-refractivity contribution in [3.05, 3.63) is 10.1 Å². The van der Waals surface area contributed by atoms with E-state index in [1.807, 2.05) is 0 Å². The van der Waals surface area contributed by atoms with Gasteiger partial charge >= 0.3 is 12.0 Å². The van der Waals surface area contributed by atoms with Crippen LogP contribution in [0.3, 0.4) is 0 Å². The van der Waals surface area contributed by atoms with E-state index in [0.717, 1.165) is 0 Å². The monoisotopic (exact) mass is 185 g/mol. The number of nitro groups is 1. The van der Waals surface area contributed by atoms with Crippen molar-refractivity contribution in [1.82, 2.24) is 0 Å². The van der Waals surface area contributed by atoms with Gasteiger partial charge in [-0.15, -0.1) is 5.10 Å². The van der Waals surface area contributed by atoms with Crippen LogP contribution >= 0.6 is 0 Å². The Balaban J connectivity index is 2.96. The first-order valence-electron chi connectivity index (χ1n) is 3.59. The van der Waals surface area contributed by atoms with Gasteiger partial charge in [-0.05, 0) is 6.42 Å². The Morgan fingerprint density at radius 2 is 2.31 bits per heavy atom. The third kappa shape index (κ3) is 1.53. The largest absolute Gasteiger partial charge is 0.476 e. The molecule has 0 aromatic carbocycles. The Labute approximate surface area is 72.9 Å². The van der Waals surface area contributed by atoms with E-state index in [-0.39, 0.29) is 5.71 Å². The van der Waals surface area contributed by atoms with Crippen LogP contribution in [0, 0.1) is 10.1 Å². The van der Waals surface area contributed by atoms with E-state index in [9.17, 15) is 14.9 Å². The fraction of sp³-hybridized carbons (Fsp3) is 0.500. The van der Waals surface area contributed by atoms with Crippen molar-refractivity contribution >= 4 is 17.4 Å². The first kappa shape index (κ1) is 9.30. The summed E-state index contributed by atoms with van der Waals surface area (Å²) in [6, 6.07) is -1.37. The Morgan fingerprint density at radius 3 is 2.69 bits per heavy atom. The molecule has 70 valence electrons. The van der Waals surface area contributed by atoms with Crippen LogP contribution in [-0.2, 0) is 4.79 Å². The molecule has 0 saturated carbocycles. The summed E-state index contributed by atoms with van der Waals surface area (Å²) in [5.74, 6) is -1.39. The molecule has 0 aliphatic carbocycles. The molecule has 1 rings (SSSR count). The predicted molar refractivity (Wildman–Crippen MR) is 43.6 cm³/mol. The highest BCUT2D eigenvalue weighted by Crippen LogP contribution is 2.10. The summed E-state index contributed by atoms with van der Waals surface area (Å²) in [5, 5.41) is 25.7. The lowest BCUT2D eigenvalue weighted by Crippen LogP contribution is -2.38. The zero-order chi connectivity index (χ0) is 10.0. The number of carboxylic acids is 1. The van der Waals surface area contributed by atoms with Gasteiger partial charge in [0.05, 0.1) is 0 Å². The number of hydrogen-bond acceptors (Lipinski definition) is 5. The minimum absolute atomic E-state index is 0.183. The molecule has 1 aliphatic rings. The molecule has 1 N–H and O–H groups in total. The average molecular weight is 185 g/mol. The molecule has 7 heteroatoms. The Hall–Kier alpha value is -1.79. The number of nitrogens with zero attached hydrogens (tertiary/aromatic N) is 3. The lowest BCUT2D eigenvalue weighted by molar-refractivity contribution is -0.484. The van der Waals surface area contributed by atoms with Crippen LogP contribution in [0.15, 0.2) is 10.2 Å². The molecule has 0 saturated heterocycles. The van der Waals surface area contributed by atoms with Crippen molar-refractivity contribution in [3.63, 3.8) is 0 Å². The predicted octanol–water partition coefficient (Wildman–Crippen LogP) is -0.0631. The highest BCUT2D eigenvalue weighted by molar-refractivity contribution is 6.43. The fourth-order valence-electron chi connectivity index (χ4n) is 1.03. The van der Waals surface area contributed by atoms with Crippen LogP contribution in [-0.4, -0.2) is 33.5 Å². The Kier molecular flexibility index (Phi) is 2.36. The van der Waals surface area contributed by atoms with Crippen molar-refractivity contribution in [2.75, 3.05) is 0 Å². The molecule has 1 heterocycles. The zero-order valence-corrected chi connectivity index (χ0v) is 6.80. The first-order valence-corrected chi connectivity index (χ1v) is 3.59. The molecule has 0 aromatic heterocycles. The van der Waals surface area contributed by atoms with Crippen LogP contribution in [0.2, 0.25) is 0 Å². The van der Waals surface area contributed by atoms with Gasteiger partial charge in [0.15, 0.2) is 0 Å². The molecule has 0 aromatic rings. The summed E-state index contributed by atoms with van der Waals surface area (Å²) in [4.78, 5) is 20.2. The fourth-order valence-corrected chi connectivity index (χ4v) is 1.03. The zero-order valence-electron chi connectivity index (χ0n) is 6.80. The summed E-state index contributed by atoms with van der Waals surface area (Å²) < 4.78 is 0. The van der Waals surface area contributed by atoms with Crippen LogP contribution in [0.5, 0.6) is 0 Å². The van der Waals surface area contributed by atoms with E-state index in [0.29, 0.717) is 6.42 Å². The molecule has 0 unspecified atom stereocenters. The van der Waals surface area contributed by atoms with E-state index in [4.69, 9.17) is 5.11 Å². The molecular weight excluding hydrogens is 178 g/mol. The van der Waals surface area contributed by atoms with Crippen LogP contribution in [0.25, 0.3) is 0 Å². The van der Waals surface area contributed by atoms with Crippen LogP contribution in [0.1, 0.15) is 13.3 Å². The lowest BCUT2D eigenvalue weighted by atomic mass is 10.1. The molecule has 0 bridgehead atoms. The van der Waals surface area contributed by atoms with Gasteiger partial charge in [0.1, 0.15) is 5.71 Å². The third-order valence-electron chi connectivity index (χ3n) is 1.65. The number of rotatable bonds is 3. The van der Waals surface area contributed by atoms with E-state index in [2.05, 4.69) is 10.2 Å². The van der Waals surface area contributed by atoms with Crippen molar-refractivity contribution in [3.8, 4) is 0 Å². The normalized spacial score (nSPS) is 20.8. The van der Waals surface area contributed by atoms with Gasteiger partial charge in [0, 0.05) is 4.92 Å². The highest BCUT2D eigenvalue weighted by atomic mass is 16.6. The summed E-state index contributed by atoms with van der Waals surface area (Å²) in [7, 11) is 0. The van der Waals surface area contributed by atoms with Gasteiger partial charge in [-0.3, -0.25) is 10.1 Å². The molecule has 0 amide bonds. The van der Waals surface area contributed by atoms with E-state index in [1.165, 1.54) is 0 Å². The van der Waals surface area contributed by atoms with Gasteiger partial charge in [-0.2, -0.15) is 5.10 Å². The maximum absolute atomic E-state index is 10.5. The molecule has 13 heavy (non-hydrogen) atoms. The number of carboxylic acid groups (broad SMARTS) is 1. The second kappa shape index (κ2) is 3.30. The molecular formula is C6H7N3O4. The van der Waals surface area contributed by atoms with Crippen molar-refractivity contribution in [1.29, 1.82) is 0 Å². The summed E-state index contributed by atoms with van der Waals surface area (Å²) in [5.41, 5.74) is -0.329. The average Bonchev–Trinajstić information content (AvgIpc) is 2.46. The summed E-state index contributed by atoms with van der Waals surface area (Å²) in [6.07, 6.45) is 0.325. The van der Waals surface area contributed by atoms with Crippen LogP contribution < -0.4 is 0 Å². The first-order chi connectivity index (χ1) is 6.07. The second-order valence-corrected chi connectivity index (χ2v) is 2.42. The number of aliphatic carboxylic acids is 1. The standard InChI is InChI=1S/C6H7N3O4/c1-2-3-5(9(12)13)4(6(10)11)8-7-3/h5H,2H2,1H3,(H,10,11)/t5-/m0/s1. The minimum Gasteiger partial charge on any atom is -0.476 e. The van der Waals surface area contributed by atoms with E-state index >= 15 is 0 Å². The smallest absolute Gasteiger partial charge is 0.359 e. The van der Waals surface area contributed by atoms with E-state index in [1.54, 1.807) is 6.92 Å².